The molecule has 0 N–H and O–H groups in total. The second-order valence-electron chi connectivity index (χ2n) is 4.87. The molecular weight excluding hydrogens is 250 g/mol. The van der Waals surface area contributed by atoms with Crippen LogP contribution in [-0.2, 0) is 12.2 Å². The Bertz CT molecular complexity index is 511. The van der Waals surface area contributed by atoms with Crippen molar-refractivity contribution in [2.24, 2.45) is 0 Å². The molecule has 2 rings (SSSR count). The maximum atomic E-state index is 4.73. The Hall–Kier alpha value is -1.28. The molecule has 0 saturated heterocycles. The Labute approximate surface area is 120 Å². The number of benzene rings is 1. The minimum absolute atomic E-state index is 0.986. The molecule has 0 spiro atoms. The van der Waals surface area contributed by atoms with Crippen molar-refractivity contribution in [3.63, 3.8) is 0 Å². The van der Waals surface area contributed by atoms with Crippen molar-refractivity contribution >= 4 is 11.8 Å². The second-order valence-corrected chi connectivity index (χ2v) is 5.86. The largest absolute Gasteiger partial charge is 0.247 e. The summed E-state index contributed by atoms with van der Waals surface area (Å²) in [5.74, 6) is 0.986. The molecule has 1 aromatic heterocycles. The summed E-state index contributed by atoms with van der Waals surface area (Å²) < 4.78 is 0. The van der Waals surface area contributed by atoms with Gasteiger partial charge in [-0.05, 0) is 43.0 Å². The first-order valence-electron chi connectivity index (χ1n) is 6.84. The fourth-order valence-corrected chi connectivity index (χ4v) is 3.22. The van der Waals surface area contributed by atoms with Crippen LogP contribution < -0.4 is 0 Å². The first kappa shape index (κ1) is 14.1. The van der Waals surface area contributed by atoms with Crippen LogP contribution in [0.5, 0.6) is 0 Å². The van der Waals surface area contributed by atoms with Gasteiger partial charge in [0.15, 0.2) is 0 Å². The lowest BCUT2D eigenvalue weighted by Crippen LogP contribution is -1.98. The van der Waals surface area contributed by atoms with E-state index in [1.807, 2.05) is 11.8 Å². The van der Waals surface area contributed by atoms with E-state index in [4.69, 9.17) is 4.98 Å². The molecule has 1 heterocycles. The summed E-state index contributed by atoms with van der Waals surface area (Å²) in [7, 11) is 0. The van der Waals surface area contributed by atoms with E-state index in [-0.39, 0.29) is 0 Å². The van der Waals surface area contributed by atoms with Gasteiger partial charge in [-0.3, -0.25) is 0 Å². The van der Waals surface area contributed by atoms with Crippen molar-refractivity contribution in [3.05, 3.63) is 58.8 Å². The Kier molecular flexibility index (Phi) is 5.03. The molecule has 0 atom stereocenters. The standard InChI is InChI=1S/C17H21NS/c1-4-8-16-13(2)11-17(18-14(16)3)19-12-15-9-6-5-7-10-15/h5-7,9-11H,4,8,12H2,1-3H3. The quantitative estimate of drug-likeness (QED) is 0.714. The van der Waals surface area contributed by atoms with Gasteiger partial charge in [0.05, 0.1) is 5.03 Å². The number of hydrogen-bond donors (Lipinski definition) is 0. The third kappa shape index (κ3) is 3.84. The van der Waals surface area contributed by atoms with Crippen LogP contribution in [0.4, 0.5) is 0 Å². The number of aryl methyl sites for hydroxylation is 2. The van der Waals surface area contributed by atoms with E-state index < -0.39 is 0 Å². The number of nitrogens with zero attached hydrogens (tertiary/aromatic N) is 1. The minimum atomic E-state index is 0.986. The van der Waals surface area contributed by atoms with Crippen LogP contribution >= 0.6 is 11.8 Å². The van der Waals surface area contributed by atoms with E-state index in [0.717, 1.165) is 17.2 Å². The Morgan fingerprint density at radius 3 is 2.47 bits per heavy atom. The molecule has 0 fully saturated rings. The summed E-state index contributed by atoms with van der Waals surface area (Å²) in [4.78, 5) is 4.73. The van der Waals surface area contributed by atoms with Crippen molar-refractivity contribution in [1.82, 2.24) is 4.98 Å². The third-order valence-corrected chi connectivity index (χ3v) is 4.24. The van der Waals surface area contributed by atoms with Crippen LogP contribution in [0.3, 0.4) is 0 Å². The number of rotatable bonds is 5. The van der Waals surface area contributed by atoms with E-state index in [9.17, 15) is 0 Å². The molecule has 0 radical (unpaired) electrons. The molecule has 0 aliphatic rings. The van der Waals surface area contributed by atoms with Crippen molar-refractivity contribution in [1.29, 1.82) is 0 Å². The molecule has 1 aromatic carbocycles. The highest BCUT2D eigenvalue weighted by molar-refractivity contribution is 7.98. The number of hydrogen-bond acceptors (Lipinski definition) is 2. The molecule has 0 saturated carbocycles. The van der Waals surface area contributed by atoms with E-state index in [2.05, 4.69) is 57.2 Å². The number of thioether (sulfide) groups is 1. The molecule has 0 aliphatic carbocycles. The fourth-order valence-electron chi connectivity index (χ4n) is 2.26. The molecule has 1 nitrogen and oxygen atoms in total. The van der Waals surface area contributed by atoms with Crippen molar-refractivity contribution in [3.8, 4) is 0 Å². The predicted octanol–water partition coefficient (Wildman–Crippen LogP) is 4.94. The molecular formula is C17H21NS. The summed E-state index contributed by atoms with van der Waals surface area (Å²) in [6.45, 7) is 6.55. The van der Waals surface area contributed by atoms with Crippen LogP contribution in [-0.4, -0.2) is 4.98 Å². The van der Waals surface area contributed by atoms with Crippen molar-refractivity contribution in [2.45, 2.75) is 44.4 Å². The van der Waals surface area contributed by atoms with Crippen LogP contribution in [0.1, 0.15) is 35.7 Å². The SMILES string of the molecule is CCCc1c(C)cc(SCc2ccccc2)nc1C. The van der Waals surface area contributed by atoms with Crippen LogP contribution in [0.25, 0.3) is 0 Å². The third-order valence-electron chi connectivity index (χ3n) is 3.26. The normalized spacial score (nSPS) is 10.7. The van der Waals surface area contributed by atoms with E-state index in [0.29, 0.717) is 0 Å². The Balaban J connectivity index is 2.09. The van der Waals surface area contributed by atoms with E-state index >= 15 is 0 Å². The summed E-state index contributed by atoms with van der Waals surface area (Å²) in [5, 5.41) is 1.14. The molecule has 0 aliphatic heterocycles. The van der Waals surface area contributed by atoms with Gasteiger partial charge < -0.3 is 0 Å². The van der Waals surface area contributed by atoms with Crippen LogP contribution in [0.2, 0.25) is 0 Å². The van der Waals surface area contributed by atoms with Gasteiger partial charge in [-0.15, -0.1) is 11.8 Å². The van der Waals surface area contributed by atoms with Crippen molar-refractivity contribution in [2.75, 3.05) is 0 Å². The number of pyridine rings is 1. The highest BCUT2D eigenvalue weighted by Crippen LogP contribution is 2.25. The summed E-state index contributed by atoms with van der Waals surface area (Å²) in [6.07, 6.45) is 2.31. The average Bonchev–Trinajstić information content (AvgIpc) is 2.42. The van der Waals surface area contributed by atoms with E-state index in [1.165, 1.54) is 28.8 Å². The van der Waals surface area contributed by atoms with Gasteiger partial charge in [0.2, 0.25) is 0 Å². The Morgan fingerprint density at radius 1 is 1.11 bits per heavy atom. The molecule has 19 heavy (non-hydrogen) atoms. The summed E-state index contributed by atoms with van der Waals surface area (Å²) in [6, 6.07) is 12.8. The maximum Gasteiger partial charge on any atom is 0.0969 e. The predicted molar refractivity (Wildman–Crippen MR) is 83.7 cm³/mol. The molecule has 2 heteroatoms. The molecule has 100 valence electrons. The van der Waals surface area contributed by atoms with Gasteiger partial charge in [-0.2, -0.15) is 0 Å². The zero-order valence-electron chi connectivity index (χ0n) is 11.9. The summed E-state index contributed by atoms with van der Waals surface area (Å²) in [5.41, 5.74) is 5.34. The minimum Gasteiger partial charge on any atom is -0.247 e. The summed E-state index contributed by atoms with van der Waals surface area (Å²) >= 11 is 1.82. The lowest BCUT2D eigenvalue weighted by molar-refractivity contribution is 0.872. The van der Waals surface area contributed by atoms with E-state index in [1.54, 1.807) is 0 Å². The maximum absolute atomic E-state index is 4.73. The fraction of sp³-hybridized carbons (Fsp3) is 0.353. The highest BCUT2D eigenvalue weighted by atomic mass is 32.2. The second kappa shape index (κ2) is 6.76. The zero-order valence-corrected chi connectivity index (χ0v) is 12.8. The average molecular weight is 271 g/mol. The molecule has 0 bridgehead atoms. The van der Waals surface area contributed by atoms with Crippen LogP contribution in [0, 0.1) is 13.8 Å². The van der Waals surface area contributed by atoms with Crippen LogP contribution in [0.15, 0.2) is 41.4 Å². The smallest absolute Gasteiger partial charge is 0.0969 e. The first-order chi connectivity index (χ1) is 9.20. The van der Waals surface area contributed by atoms with Gasteiger partial charge in [0.25, 0.3) is 0 Å². The topological polar surface area (TPSA) is 12.9 Å². The van der Waals surface area contributed by atoms with Gasteiger partial charge in [0.1, 0.15) is 0 Å². The lowest BCUT2D eigenvalue weighted by atomic mass is 10.0. The monoisotopic (exact) mass is 271 g/mol. The molecule has 2 aromatic rings. The Morgan fingerprint density at radius 2 is 1.84 bits per heavy atom. The van der Waals surface area contributed by atoms with Gasteiger partial charge in [-0.1, -0.05) is 43.7 Å². The van der Waals surface area contributed by atoms with Gasteiger partial charge in [-0.25, -0.2) is 4.98 Å². The first-order valence-corrected chi connectivity index (χ1v) is 7.83. The highest BCUT2D eigenvalue weighted by Gasteiger charge is 2.06. The molecule has 0 unspecified atom stereocenters. The van der Waals surface area contributed by atoms with Gasteiger partial charge in [0, 0.05) is 11.4 Å². The van der Waals surface area contributed by atoms with Gasteiger partial charge >= 0.3 is 0 Å². The zero-order chi connectivity index (χ0) is 13.7. The number of aromatic nitrogens is 1. The molecule has 0 amide bonds. The van der Waals surface area contributed by atoms with Crippen molar-refractivity contribution < 1.29 is 0 Å². The lowest BCUT2D eigenvalue weighted by Gasteiger charge is -2.10.